The summed E-state index contributed by atoms with van der Waals surface area (Å²) in [5.74, 6) is 1.31. The van der Waals surface area contributed by atoms with Crippen molar-refractivity contribution in [3.8, 4) is 5.75 Å². The summed E-state index contributed by atoms with van der Waals surface area (Å²) in [7, 11) is 0. The van der Waals surface area contributed by atoms with Gasteiger partial charge in [0.15, 0.2) is 0 Å². The number of hydrogen-bond acceptors (Lipinski definition) is 4. The maximum atomic E-state index is 12.4. The third-order valence-electron chi connectivity index (χ3n) is 3.06. The van der Waals surface area contributed by atoms with E-state index in [2.05, 4.69) is 10.1 Å². The molecule has 2 rings (SSSR count). The summed E-state index contributed by atoms with van der Waals surface area (Å²) in [5.41, 5.74) is 0.645. The van der Waals surface area contributed by atoms with E-state index in [4.69, 9.17) is 9.52 Å². The van der Waals surface area contributed by atoms with E-state index in [1.165, 1.54) is 6.07 Å². The smallest absolute Gasteiger partial charge is 0.387 e. The quantitative estimate of drug-likeness (QED) is 0.824. The molecule has 114 valence electrons. The Bertz CT molecular complexity index is 572. The highest BCUT2D eigenvalue weighted by Crippen LogP contribution is 2.26. The molecule has 0 aliphatic carbocycles. The number of furan rings is 1. The second-order valence-corrected chi connectivity index (χ2v) is 4.55. The van der Waals surface area contributed by atoms with E-state index in [1.807, 2.05) is 6.92 Å². The average Bonchev–Trinajstić information content (AvgIpc) is 2.93. The Morgan fingerprint density at radius 3 is 2.57 bits per heavy atom. The monoisotopic (exact) mass is 297 g/mol. The lowest BCUT2D eigenvalue weighted by Crippen LogP contribution is -2.19. The molecule has 0 bridgehead atoms. The van der Waals surface area contributed by atoms with Gasteiger partial charge in [-0.15, -0.1) is 0 Å². The fourth-order valence-corrected chi connectivity index (χ4v) is 2.01. The zero-order valence-corrected chi connectivity index (χ0v) is 11.6. The molecule has 2 N–H and O–H groups in total. The zero-order valence-electron chi connectivity index (χ0n) is 11.6. The maximum Gasteiger partial charge on any atom is 0.387 e. The first-order chi connectivity index (χ1) is 10.1. The van der Waals surface area contributed by atoms with Crippen molar-refractivity contribution in [1.29, 1.82) is 0 Å². The molecule has 0 fully saturated rings. The number of benzene rings is 1. The summed E-state index contributed by atoms with van der Waals surface area (Å²) < 4.78 is 34.6. The number of alkyl halides is 2. The van der Waals surface area contributed by atoms with Crippen LogP contribution in [0, 0.1) is 0 Å². The fourth-order valence-electron chi connectivity index (χ4n) is 2.01. The second kappa shape index (κ2) is 7.19. The predicted octanol–water partition coefficient (Wildman–Crippen LogP) is 3.22. The summed E-state index contributed by atoms with van der Waals surface area (Å²) in [6.45, 7) is -0.732. The molecule has 0 aliphatic heterocycles. The third kappa shape index (κ3) is 4.27. The number of para-hydroxylation sites is 1. The standard InChI is InChI=1S/C15H17F2NO3/c1-10(18-8-11-6-7-12(9-19)20-11)13-4-2-3-5-14(13)21-15(16)17/h2-7,10,15,18-19H,8-9H2,1H3. The molecule has 0 spiro atoms. The van der Waals surface area contributed by atoms with Gasteiger partial charge in [0.1, 0.15) is 23.9 Å². The summed E-state index contributed by atoms with van der Waals surface area (Å²) in [5, 5.41) is 12.1. The molecule has 1 unspecified atom stereocenters. The lowest BCUT2D eigenvalue weighted by molar-refractivity contribution is -0.0506. The van der Waals surface area contributed by atoms with Gasteiger partial charge in [-0.05, 0) is 25.1 Å². The maximum absolute atomic E-state index is 12.4. The minimum atomic E-state index is -2.85. The number of ether oxygens (including phenoxy) is 1. The van der Waals surface area contributed by atoms with Crippen molar-refractivity contribution < 1.29 is 23.0 Å². The first-order valence-electron chi connectivity index (χ1n) is 6.55. The molecule has 0 amide bonds. The van der Waals surface area contributed by atoms with Gasteiger partial charge in [0, 0.05) is 11.6 Å². The fraction of sp³-hybridized carbons (Fsp3) is 0.333. The van der Waals surface area contributed by atoms with Crippen molar-refractivity contribution in [2.45, 2.75) is 32.7 Å². The van der Waals surface area contributed by atoms with Crippen LogP contribution in [0.1, 0.15) is 30.0 Å². The Morgan fingerprint density at radius 1 is 1.19 bits per heavy atom. The number of aliphatic hydroxyl groups excluding tert-OH is 1. The van der Waals surface area contributed by atoms with Crippen LogP contribution in [-0.2, 0) is 13.2 Å². The zero-order chi connectivity index (χ0) is 15.2. The van der Waals surface area contributed by atoms with Crippen LogP contribution >= 0.6 is 0 Å². The molecule has 1 heterocycles. The number of halogens is 2. The van der Waals surface area contributed by atoms with Crippen molar-refractivity contribution in [2.24, 2.45) is 0 Å². The number of nitrogens with one attached hydrogen (secondary N) is 1. The Hall–Kier alpha value is -1.92. The van der Waals surface area contributed by atoms with E-state index in [0.29, 0.717) is 23.6 Å². The van der Waals surface area contributed by atoms with Crippen LogP contribution in [0.15, 0.2) is 40.8 Å². The molecule has 6 heteroatoms. The van der Waals surface area contributed by atoms with Crippen molar-refractivity contribution in [3.05, 3.63) is 53.5 Å². The van der Waals surface area contributed by atoms with E-state index < -0.39 is 6.61 Å². The predicted molar refractivity (Wildman–Crippen MR) is 73.0 cm³/mol. The van der Waals surface area contributed by atoms with Crippen molar-refractivity contribution >= 4 is 0 Å². The summed E-state index contributed by atoms with van der Waals surface area (Å²) >= 11 is 0. The van der Waals surface area contributed by atoms with Crippen LogP contribution < -0.4 is 10.1 Å². The van der Waals surface area contributed by atoms with Gasteiger partial charge >= 0.3 is 6.61 Å². The summed E-state index contributed by atoms with van der Waals surface area (Å²) in [4.78, 5) is 0. The highest BCUT2D eigenvalue weighted by molar-refractivity contribution is 5.35. The highest BCUT2D eigenvalue weighted by Gasteiger charge is 2.14. The first kappa shape index (κ1) is 15.5. The molecular formula is C15H17F2NO3. The minimum Gasteiger partial charge on any atom is -0.462 e. The van der Waals surface area contributed by atoms with Crippen LogP contribution in [0.25, 0.3) is 0 Å². The van der Waals surface area contributed by atoms with Gasteiger partial charge in [0.05, 0.1) is 6.54 Å². The first-order valence-corrected chi connectivity index (χ1v) is 6.55. The van der Waals surface area contributed by atoms with E-state index in [-0.39, 0.29) is 18.4 Å². The molecule has 0 saturated heterocycles. The van der Waals surface area contributed by atoms with E-state index in [9.17, 15) is 8.78 Å². The Labute approximate surface area is 121 Å². The molecule has 4 nitrogen and oxygen atoms in total. The van der Waals surface area contributed by atoms with Crippen LogP contribution in [-0.4, -0.2) is 11.7 Å². The van der Waals surface area contributed by atoms with Crippen molar-refractivity contribution in [1.82, 2.24) is 5.32 Å². The second-order valence-electron chi connectivity index (χ2n) is 4.55. The van der Waals surface area contributed by atoms with Gasteiger partial charge in [0.2, 0.25) is 0 Å². The van der Waals surface area contributed by atoms with Crippen LogP contribution in [0.4, 0.5) is 8.78 Å². The summed E-state index contributed by atoms with van der Waals surface area (Å²) in [6, 6.07) is 9.91. The molecule has 21 heavy (non-hydrogen) atoms. The third-order valence-corrected chi connectivity index (χ3v) is 3.06. The molecule has 0 radical (unpaired) electrons. The van der Waals surface area contributed by atoms with Gasteiger partial charge in [-0.2, -0.15) is 8.78 Å². The number of hydrogen-bond donors (Lipinski definition) is 2. The lowest BCUT2D eigenvalue weighted by Gasteiger charge is -2.17. The molecular weight excluding hydrogens is 280 g/mol. The van der Waals surface area contributed by atoms with Crippen LogP contribution in [0.3, 0.4) is 0 Å². The van der Waals surface area contributed by atoms with Crippen molar-refractivity contribution in [3.63, 3.8) is 0 Å². The SMILES string of the molecule is CC(NCc1ccc(CO)o1)c1ccccc1OC(F)F. The number of aliphatic hydroxyl groups is 1. The van der Waals surface area contributed by atoms with Gasteiger partial charge in [-0.1, -0.05) is 18.2 Å². The Morgan fingerprint density at radius 2 is 1.90 bits per heavy atom. The Balaban J connectivity index is 2.01. The topological polar surface area (TPSA) is 54.6 Å². The minimum absolute atomic E-state index is 0.152. The molecule has 1 aromatic heterocycles. The van der Waals surface area contributed by atoms with E-state index >= 15 is 0 Å². The van der Waals surface area contributed by atoms with Gasteiger partial charge in [-0.25, -0.2) is 0 Å². The van der Waals surface area contributed by atoms with Crippen molar-refractivity contribution in [2.75, 3.05) is 0 Å². The Kier molecular flexibility index (Phi) is 5.30. The normalized spacial score (nSPS) is 12.6. The van der Waals surface area contributed by atoms with Crippen LogP contribution in [0.2, 0.25) is 0 Å². The van der Waals surface area contributed by atoms with Gasteiger partial charge < -0.3 is 19.6 Å². The highest BCUT2D eigenvalue weighted by atomic mass is 19.3. The molecule has 0 saturated carbocycles. The average molecular weight is 297 g/mol. The van der Waals surface area contributed by atoms with E-state index in [0.717, 1.165) is 0 Å². The van der Waals surface area contributed by atoms with E-state index in [1.54, 1.807) is 30.3 Å². The van der Waals surface area contributed by atoms with Gasteiger partial charge in [-0.3, -0.25) is 0 Å². The van der Waals surface area contributed by atoms with Gasteiger partial charge in [0.25, 0.3) is 0 Å². The number of rotatable bonds is 7. The van der Waals surface area contributed by atoms with Crippen LogP contribution in [0.5, 0.6) is 5.75 Å². The molecule has 1 atom stereocenters. The summed E-state index contributed by atoms with van der Waals surface area (Å²) in [6.07, 6.45) is 0. The largest absolute Gasteiger partial charge is 0.462 e. The lowest BCUT2D eigenvalue weighted by atomic mass is 10.1. The molecule has 2 aromatic rings. The molecule has 0 aliphatic rings. The molecule has 1 aromatic carbocycles.